The summed E-state index contributed by atoms with van der Waals surface area (Å²) in [5, 5.41) is 0.446. The predicted octanol–water partition coefficient (Wildman–Crippen LogP) is 4.68. The van der Waals surface area contributed by atoms with Crippen molar-refractivity contribution in [3.8, 4) is 5.75 Å². The highest BCUT2D eigenvalue weighted by molar-refractivity contribution is 9.10. The van der Waals surface area contributed by atoms with Gasteiger partial charge in [-0.05, 0) is 39.7 Å². The minimum Gasteiger partial charge on any atom is -0.494 e. The molecule has 2 aromatic rings. The van der Waals surface area contributed by atoms with Crippen LogP contribution in [0.3, 0.4) is 0 Å². The highest BCUT2D eigenvalue weighted by atomic mass is 79.9. The smallest absolute Gasteiger partial charge is 0.168 e. The molecule has 0 saturated heterocycles. The van der Waals surface area contributed by atoms with Crippen LogP contribution in [0.4, 0.5) is 4.39 Å². The maximum absolute atomic E-state index is 14.0. The van der Waals surface area contributed by atoms with Gasteiger partial charge in [0.15, 0.2) is 17.3 Å². The lowest BCUT2D eigenvalue weighted by Gasteiger charge is -2.07. The van der Waals surface area contributed by atoms with E-state index in [0.29, 0.717) is 20.6 Å². The van der Waals surface area contributed by atoms with Crippen molar-refractivity contribution in [1.29, 1.82) is 0 Å². The van der Waals surface area contributed by atoms with Crippen LogP contribution in [-0.2, 0) is 6.42 Å². The molecule has 2 nitrogen and oxygen atoms in total. The first kappa shape index (κ1) is 15.0. The van der Waals surface area contributed by atoms with Gasteiger partial charge < -0.3 is 4.74 Å². The number of rotatable bonds is 4. The molecule has 0 spiro atoms. The monoisotopic (exact) mass is 356 g/mol. The van der Waals surface area contributed by atoms with Gasteiger partial charge in [0.25, 0.3) is 0 Å². The van der Waals surface area contributed by atoms with Crippen LogP contribution in [0.2, 0.25) is 5.02 Å². The maximum Gasteiger partial charge on any atom is 0.168 e. The Balaban J connectivity index is 2.25. The summed E-state index contributed by atoms with van der Waals surface area (Å²) in [5.74, 6) is -0.581. The van der Waals surface area contributed by atoms with Crippen molar-refractivity contribution in [2.75, 3.05) is 7.11 Å². The number of halogens is 3. The van der Waals surface area contributed by atoms with Gasteiger partial charge in [-0.15, -0.1) is 0 Å². The zero-order valence-electron chi connectivity index (χ0n) is 10.6. The van der Waals surface area contributed by atoms with Crippen molar-refractivity contribution >= 4 is 33.3 Å². The van der Waals surface area contributed by atoms with Gasteiger partial charge in [-0.25, -0.2) is 4.39 Å². The zero-order valence-corrected chi connectivity index (χ0v) is 13.0. The first-order valence-corrected chi connectivity index (χ1v) is 6.99. The summed E-state index contributed by atoms with van der Waals surface area (Å²) in [7, 11) is 1.39. The summed E-state index contributed by atoms with van der Waals surface area (Å²) in [6.07, 6.45) is -0.0407. The molecule has 0 atom stereocenters. The molecule has 5 heteroatoms. The molecule has 0 saturated carbocycles. The molecule has 0 radical (unpaired) electrons. The minimum absolute atomic E-state index is 0.0407. The van der Waals surface area contributed by atoms with Crippen LogP contribution in [-0.4, -0.2) is 12.9 Å². The number of hydrogen-bond acceptors (Lipinski definition) is 2. The van der Waals surface area contributed by atoms with Gasteiger partial charge in [-0.1, -0.05) is 29.8 Å². The average molecular weight is 358 g/mol. The molecule has 0 amide bonds. The Labute approximate surface area is 129 Å². The van der Waals surface area contributed by atoms with Gasteiger partial charge >= 0.3 is 0 Å². The molecule has 0 aliphatic heterocycles. The molecule has 0 aliphatic rings. The van der Waals surface area contributed by atoms with E-state index in [1.54, 1.807) is 30.3 Å². The van der Waals surface area contributed by atoms with Crippen LogP contribution in [0.1, 0.15) is 15.9 Å². The summed E-state index contributed by atoms with van der Waals surface area (Å²) in [6.45, 7) is 0. The molecule has 0 bridgehead atoms. The number of hydrogen-bond donors (Lipinski definition) is 0. The van der Waals surface area contributed by atoms with Crippen molar-refractivity contribution in [2.24, 2.45) is 0 Å². The predicted molar refractivity (Wildman–Crippen MR) is 80.1 cm³/mol. The first-order chi connectivity index (χ1) is 9.52. The number of benzene rings is 2. The van der Waals surface area contributed by atoms with E-state index in [1.807, 2.05) is 0 Å². The van der Waals surface area contributed by atoms with E-state index in [-0.39, 0.29) is 18.0 Å². The third-order valence-electron chi connectivity index (χ3n) is 2.86. The lowest BCUT2D eigenvalue weighted by atomic mass is 10.0. The molecule has 0 heterocycles. The zero-order chi connectivity index (χ0) is 14.7. The normalized spacial score (nSPS) is 10.4. The van der Waals surface area contributed by atoms with E-state index in [2.05, 4.69) is 15.9 Å². The van der Waals surface area contributed by atoms with Crippen LogP contribution in [0.15, 0.2) is 40.9 Å². The van der Waals surface area contributed by atoms with Gasteiger partial charge in [0.05, 0.1) is 12.1 Å². The SMILES string of the molecule is COc1cccc(CC(=O)c2ccc(Br)c(Cl)c2)c1F. The van der Waals surface area contributed by atoms with Crippen LogP contribution in [0.5, 0.6) is 5.75 Å². The van der Waals surface area contributed by atoms with E-state index in [1.165, 1.54) is 13.2 Å². The van der Waals surface area contributed by atoms with Gasteiger partial charge in [-0.3, -0.25) is 4.79 Å². The number of ketones is 1. The number of methoxy groups -OCH3 is 1. The van der Waals surface area contributed by atoms with E-state index < -0.39 is 5.82 Å². The highest BCUT2D eigenvalue weighted by Crippen LogP contribution is 2.25. The summed E-state index contributed by atoms with van der Waals surface area (Å²) in [4.78, 5) is 12.1. The molecule has 0 aromatic heterocycles. The standard InChI is InChI=1S/C15H11BrClFO2/c1-20-14-4-2-3-10(15(14)18)8-13(19)9-5-6-11(16)12(17)7-9/h2-7H,8H2,1H3. The Hall–Kier alpha value is -1.39. The van der Waals surface area contributed by atoms with Crippen LogP contribution in [0, 0.1) is 5.82 Å². The van der Waals surface area contributed by atoms with Crippen molar-refractivity contribution in [2.45, 2.75) is 6.42 Å². The Morgan fingerprint density at radius 3 is 2.75 bits per heavy atom. The van der Waals surface area contributed by atoms with Crippen molar-refractivity contribution in [3.05, 3.63) is 62.8 Å². The number of ether oxygens (including phenoxy) is 1. The lowest BCUT2D eigenvalue weighted by Crippen LogP contribution is -2.06. The molecule has 0 aliphatic carbocycles. The summed E-state index contributed by atoms with van der Waals surface area (Å²) in [6, 6.07) is 9.63. The molecule has 0 fully saturated rings. The summed E-state index contributed by atoms with van der Waals surface area (Å²) < 4.78 is 19.6. The Morgan fingerprint density at radius 1 is 1.35 bits per heavy atom. The minimum atomic E-state index is -0.508. The number of Topliss-reactive ketones (excluding diaryl/α,β-unsaturated/α-hetero) is 1. The number of carbonyl (C=O) groups excluding carboxylic acids is 1. The number of carbonyl (C=O) groups is 1. The van der Waals surface area contributed by atoms with E-state index in [4.69, 9.17) is 16.3 Å². The van der Waals surface area contributed by atoms with Gasteiger partial charge in [0.1, 0.15) is 0 Å². The molecule has 0 N–H and O–H groups in total. The Bertz CT molecular complexity index is 658. The second kappa shape index (κ2) is 6.37. The second-order valence-electron chi connectivity index (χ2n) is 4.16. The maximum atomic E-state index is 14.0. The van der Waals surface area contributed by atoms with Crippen molar-refractivity contribution in [3.63, 3.8) is 0 Å². The van der Waals surface area contributed by atoms with Gasteiger partial charge in [0, 0.05) is 16.5 Å². The largest absolute Gasteiger partial charge is 0.494 e. The fourth-order valence-electron chi connectivity index (χ4n) is 1.80. The third-order valence-corrected chi connectivity index (χ3v) is 4.09. The Morgan fingerprint density at radius 2 is 2.10 bits per heavy atom. The van der Waals surface area contributed by atoms with Crippen LogP contribution >= 0.6 is 27.5 Å². The molecular formula is C15H11BrClFO2. The summed E-state index contributed by atoms with van der Waals surface area (Å²) in [5.41, 5.74) is 0.744. The fraction of sp³-hybridized carbons (Fsp3) is 0.133. The molecule has 2 aromatic carbocycles. The quantitative estimate of drug-likeness (QED) is 0.743. The van der Waals surface area contributed by atoms with Gasteiger partial charge in [0.2, 0.25) is 0 Å². The third kappa shape index (κ3) is 3.19. The van der Waals surface area contributed by atoms with Crippen LogP contribution < -0.4 is 4.74 Å². The first-order valence-electron chi connectivity index (χ1n) is 5.82. The van der Waals surface area contributed by atoms with Gasteiger partial charge in [-0.2, -0.15) is 0 Å². The molecular weight excluding hydrogens is 347 g/mol. The van der Waals surface area contributed by atoms with E-state index in [9.17, 15) is 9.18 Å². The Kier molecular flexibility index (Phi) is 4.78. The second-order valence-corrected chi connectivity index (χ2v) is 5.42. The molecule has 20 heavy (non-hydrogen) atoms. The van der Waals surface area contributed by atoms with E-state index in [0.717, 1.165) is 0 Å². The molecule has 2 rings (SSSR count). The average Bonchev–Trinajstić information content (AvgIpc) is 2.44. The fourth-order valence-corrected chi connectivity index (χ4v) is 2.22. The van der Waals surface area contributed by atoms with Crippen LogP contribution in [0.25, 0.3) is 0 Å². The summed E-state index contributed by atoms with van der Waals surface area (Å²) >= 11 is 9.20. The van der Waals surface area contributed by atoms with Crippen molar-refractivity contribution < 1.29 is 13.9 Å². The molecule has 0 unspecified atom stereocenters. The van der Waals surface area contributed by atoms with Crippen molar-refractivity contribution in [1.82, 2.24) is 0 Å². The van der Waals surface area contributed by atoms with E-state index >= 15 is 0 Å². The molecule has 104 valence electrons. The highest BCUT2D eigenvalue weighted by Gasteiger charge is 2.14. The topological polar surface area (TPSA) is 26.3 Å². The lowest BCUT2D eigenvalue weighted by molar-refractivity contribution is 0.0991.